The van der Waals surface area contributed by atoms with Crippen LogP contribution in [-0.4, -0.2) is 42.7 Å². The molecular weight excluding hydrogens is 247 g/mol. The Morgan fingerprint density at radius 3 is 2.50 bits per heavy atom. The van der Waals surface area contributed by atoms with Gasteiger partial charge in [0.1, 0.15) is 6.54 Å². The molecule has 4 nitrogen and oxygen atoms in total. The minimum absolute atomic E-state index is 0.0735. The summed E-state index contributed by atoms with van der Waals surface area (Å²) < 4.78 is 35.8. The highest BCUT2D eigenvalue weighted by atomic mass is 19.4. The van der Waals surface area contributed by atoms with Crippen LogP contribution in [0.2, 0.25) is 0 Å². The zero-order chi connectivity index (χ0) is 13.6. The molecule has 0 atom stereocenters. The van der Waals surface area contributed by atoms with Gasteiger partial charge >= 0.3 is 6.18 Å². The SMILES string of the molecule is N#CCN(CC(=O)NCC(F)(F)F)C1CCCC1. The second-order valence-corrected chi connectivity index (χ2v) is 4.39. The van der Waals surface area contributed by atoms with Crippen LogP contribution in [-0.2, 0) is 4.79 Å². The molecule has 0 aromatic rings. The Balaban J connectivity index is 2.40. The van der Waals surface area contributed by atoms with Crippen molar-refractivity contribution in [2.45, 2.75) is 37.9 Å². The fourth-order valence-corrected chi connectivity index (χ4v) is 2.11. The first-order valence-corrected chi connectivity index (χ1v) is 5.87. The lowest BCUT2D eigenvalue weighted by Gasteiger charge is -2.25. The summed E-state index contributed by atoms with van der Waals surface area (Å²) in [6, 6.07) is 2.09. The van der Waals surface area contributed by atoms with Crippen molar-refractivity contribution in [1.29, 1.82) is 5.26 Å². The van der Waals surface area contributed by atoms with Crippen molar-refractivity contribution in [3.63, 3.8) is 0 Å². The molecular formula is C11H16F3N3O. The number of nitrogens with zero attached hydrogens (tertiary/aromatic N) is 2. The van der Waals surface area contributed by atoms with Gasteiger partial charge < -0.3 is 5.32 Å². The fraction of sp³-hybridized carbons (Fsp3) is 0.818. The third-order valence-corrected chi connectivity index (χ3v) is 2.95. The lowest BCUT2D eigenvalue weighted by molar-refractivity contribution is -0.139. The van der Waals surface area contributed by atoms with Gasteiger partial charge in [-0.2, -0.15) is 18.4 Å². The number of amides is 1. The first kappa shape index (κ1) is 14.8. The minimum Gasteiger partial charge on any atom is -0.346 e. The smallest absolute Gasteiger partial charge is 0.346 e. The molecule has 0 aliphatic heterocycles. The van der Waals surface area contributed by atoms with Gasteiger partial charge in [-0.1, -0.05) is 12.8 Å². The molecule has 1 fully saturated rings. The summed E-state index contributed by atoms with van der Waals surface area (Å²) in [5, 5.41) is 10.5. The van der Waals surface area contributed by atoms with Crippen LogP contribution in [0.1, 0.15) is 25.7 Å². The Morgan fingerprint density at radius 1 is 1.39 bits per heavy atom. The maximum atomic E-state index is 11.9. The van der Waals surface area contributed by atoms with Gasteiger partial charge in [0.25, 0.3) is 0 Å². The standard InChI is InChI=1S/C11H16F3N3O/c12-11(13,14)8-16-10(18)7-17(6-5-15)9-3-1-2-4-9/h9H,1-4,6-8H2,(H,16,18). The van der Waals surface area contributed by atoms with E-state index in [0.717, 1.165) is 25.7 Å². The summed E-state index contributed by atoms with van der Waals surface area (Å²) in [6.07, 6.45) is -0.529. The predicted molar refractivity (Wildman–Crippen MR) is 58.5 cm³/mol. The van der Waals surface area contributed by atoms with E-state index in [1.807, 2.05) is 11.4 Å². The number of alkyl halides is 3. The van der Waals surface area contributed by atoms with Crippen LogP contribution >= 0.6 is 0 Å². The summed E-state index contributed by atoms with van der Waals surface area (Å²) in [6.45, 7) is -1.39. The third-order valence-electron chi connectivity index (χ3n) is 2.95. The van der Waals surface area contributed by atoms with Crippen molar-refractivity contribution in [3.05, 3.63) is 0 Å². The van der Waals surface area contributed by atoms with Crippen LogP contribution in [0.5, 0.6) is 0 Å². The summed E-state index contributed by atoms with van der Waals surface area (Å²) >= 11 is 0. The van der Waals surface area contributed by atoms with E-state index < -0.39 is 18.6 Å². The summed E-state index contributed by atoms with van der Waals surface area (Å²) in [7, 11) is 0. The van der Waals surface area contributed by atoms with Gasteiger partial charge in [-0.15, -0.1) is 0 Å². The van der Waals surface area contributed by atoms with Crippen LogP contribution < -0.4 is 5.32 Å². The maximum Gasteiger partial charge on any atom is 0.405 e. The molecule has 0 aromatic heterocycles. The number of rotatable bonds is 5. The summed E-state index contributed by atoms with van der Waals surface area (Å²) in [5.41, 5.74) is 0. The molecule has 1 saturated carbocycles. The van der Waals surface area contributed by atoms with E-state index in [2.05, 4.69) is 0 Å². The Morgan fingerprint density at radius 2 is 2.00 bits per heavy atom. The Hall–Kier alpha value is -1.29. The molecule has 0 bridgehead atoms. The average Bonchev–Trinajstić information content (AvgIpc) is 2.78. The van der Waals surface area contributed by atoms with E-state index in [1.165, 1.54) is 0 Å². The van der Waals surface area contributed by atoms with Crippen LogP contribution in [0.3, 0.4) is 0 Å². The van der Waals surface area contributed by atoms with Gasteiger partial charge in [0, 0.05) is 6.04 Å². The second kappa shape index (κ2) is 6.59. The zero-order valence-electron chi connectivity index (χ0n) is 9.96. The summed E-state index contributed by atoms with van der Waals surface area (Å²) in [4.78, 5) is 13.0. The van der Waals surface area contributed by atoms with Crippen LogP contribution in [0, 0.1) is 11.3 Å². The monoisotopic (exact) mass is 263 g/mol. The Bertz CT molecular complexity index is 318. The molecule has 7 heteroatoms. The Kier molecular flexibility index (Phi) is 5.41. The quantitative estimate of drug-likeness (QED) is 0.763. The van der Waals surface area contributed by atoms with Gasteiger partial charge in [-0.05, 0) is 12.8 Å². The highest BCUT2D eigenvalue weighted by Crippen LogP contribution is 2.23. The Labute approximate surface area is 104 Å². The number of nitriles is 1. The van der Waals surface area contributed by atoms with Gasteiger partial charge in [0.15, 0.2) is 0 Å². The molecule has 0 radical (unpaired) electrons. The lowest BCUT2D eigenvalue weighted by Crippen LogP contribution is -2.44. The molecule has 1 aliphatic carbocycles. The van der Waals surface area contributed by atoms with E-state index >= 15 is 0 Å². The topological polar surface area (TPSA) is 56.1 Å². The molecule has 1 aliphatic rings. The lowest BCUT2D eigenvalue weighted by atomic mass is 10.2. The van der Waals surface area contributed by atoms with Gasteiger partial charge in [0.05, 0.1) is 19.2 Å². The van der Waals surface area contributed by atoms with Crippen LogP contribution in [0.15, 0.2) is 0 Å². The molecule has 18 heavy (non-hydrogen) atoms. The van der Waals surface area contributed by atoms with E-state index in [0.29, 0.717) is 0 Å². The third kappa shape index (κ3) is 5.36. The number of hydrogen-bond acceptors (Lipinski definition) is 3. The van der Waals surface area contributed by atoms with Crippen molar-refractivity contribution in [2.75, 3.05) is 19.6 Å². The molecule has 1 rings (SSSR count). The number of nitrogens with one attached hydrogen (secondary N) is 1. The molecule has 1 N–H and O–H groups in total. The van der Waals surface area contributed by atoms with E-state index in [9.17, 15) is 18.0 Å². The number of halogens is 3. The van der Waals surface area contributed by atoms with Crippen molar-refractivity contribution in [3.8, 4) is 6.07 Å². The van der Waals surface area contributed by atoms with Crippen LogP contribution in [0.25, 0.3) is 0 Å². The highest BCUT2D eigenvalue weighted by Gasteiger charge is 2.29. The normalized spacial score (nSPS) is 16.8. The van der Waals surface area contributed by atoms with Crippen molar-refractivity contribution < 1.29 is 18.0 Å². The molecule has 0 saturated heterocycles. The van der Waals surface area contributed by atoms with Gasteiger partial charge in [-0.3, -0.25) is 9.69 Å². The minimum atomic E-state index is -4.40. The zero-order valence-corrected chi connectivity index (χ0v) is 9.96. The van der Waals surface area contributed by atoms with E-state index in [1.54, 1.807) is 4.90 Å². The first-order chi connectivity index (χ1) is 8.42. The number of carbonyl (C=O) groups is 1. The van der Waals surface area contributed by atoms with E-state index in [4.69, 9.17) is 5.26 Å². The predicted octanol–water partition coefficient (Wildman–Crippen LogP) is 1.43. The molecule has 0 aromatic carbocycles. The van der Waals surface area contributed by atoms with Crippen molar-refractivity contribution >= 4 is 5.91 Å². The maximum absolute atomic E-state index is 11.9. The fourth-order valence-electron chi connectivity index (χ4n) is 2.11. The highest BCUT2D eigenvalue weighted by molar-refractivity contribution is 5.78. The van der Waals surface area contributed by atoms with Gasteiger partial charge in [-0.25, -0.2) is 0 Å². The molecule has 102 valence electrons. The summed E-state index contributed by atoms with van der Waals surface area (Å²) in [5.74, 6) is -0.686. The second-order valence-electron chi connectivity index (χ2n) is 4.39. The van der Waals surface area contributed by atoms with Crippen molar-refractivity contribution in [2.24, 2.45) is 0 Å². The van der Waals surface area contributed by atoms with E-state index in [-0.39, 0.29) is 19.1 Å². The number of carbonyl (C=O) groups excluding carboxylic acids is 1. The molecule has 0 unspecified atom stereocenters. The molecule has 0 spiro atoms. The first-order valence-electron chi connectivity index (χ1n) is 5.87. The molecule has 0 heterocycles. The largest absolute Gasteiger partial charge is 0.405 e. The molecule has 1 amide bonds. The average molecular weight is 263 g/mol. The van der Waals surface area contributed by atoms with Crippen LogP contribution in [0.4, 0.5) is 13.2 Å². The van der Waals surface area contributed by atoms with Crippen molar-refractivity contribution in [1.82, 2.24) is 10.2 Å². The van der Waals surface area contributed by atoms with Gasteiger partial charge in [0.2, 0.25) is 5.91 Å². The number of hydrogen-bond donors (Lipinski definition) is 1.